The first-order valence-corrected chi connectivity index (χ1v) is 25.3. The standard InChI is InChI=1S/C54H69N7O11/c1-31(2)30-59-23-18-54(19-24-59)57-44-41-42-48(66)35(6)50-43(41)51(68)53(7,72-50)70-27-11-9-16-36(71-40(64)29-39(63)61-22-13-21-60(25-26-61)38-17-8-10-20-55-38)28-37(62)34(5)47(65)32(3)14-12-15-33(4)52(69)56-46(49(42)67)45(44)58-54/h8,10-12,14-15,17,20,27,31-32,34,36-37,47,58,62,65-66H,9,13,16,18-19,21-26,28-30H2,1-7H3,(H,56,69)/b14-12+,27-11+,33-15-/t32?,34-,36+,37?,47-,53-/m0/s1. The fourth-order valence-electron chi connectivity index (χ4n) is 10.5. The molecule has 9 rings (SSSR count). The van der Waals surface area contributed by atoms with Crippen molar-refractivity contribution in [1.29, 1.82) is 0 Å². The van der Waals surface area contributed by atoms with Crippen molar-refractivity contribution < 1.29 is 53.5 Å². The van der Waals surface area contributed by atoms with E-state index < -0.39 is 77.2 Å². The number of nitrogens with one attached hydrogen (secondary N) is 2. The number of ether oxygens (including phenoxy) is 3. The number of Topliss-reactive ketones (excluding diaryl/α,β-unsaturated/α-hetero) is 2. The number of fused-ring (bicyclic) bond motifs is 13. The van der Waals surface area contributed by atoms with E-state index in [1.54, 1.807) is 56.2 Å². The number of rotatable bonds is 6. The van der Waals surface area contributed by atoms with E-state index in [1.165, 1.54) is 20.1 Å². The van der Waals surface area contributed by atoms with Crippen LogP contribution in [0.1, 0.15) is 118 Å². The van der Waals surface area contributed by atoms with E-state index in [2.05, 4.69) is 39.3 Å². The second-order valence-corrected chi connectivity index (χ2v) is 20.7. The summed E-state index contributed by atoms with van der Waals surface area (Å²) in [4.78, 5) is 86.3. The van der Waals surface area contributed by atoms with Crippen LogP contribution in [0.4, 0.5) is 5.82 Å². The normalized spacial score (nSPS) is 28.8. The number of likely N-dealkylation sites (tertiary alicyclic amines) is 1. The van der Waals surface area contributed by atoms with Crippen LogP contribution in [-0.2, 0) is 23.9 Å². The molecule has 72 heavy (non-hydrogen) atoms. The summed E-state index contributed by atoms with van der Waals surface area (Å²) in [6.07, 6.45) is 8.11. The van der Waals surface area contributed by atoms with E-state index in [9.17, 15) is 39.3 Å². The van der Waals surface area contributed by atoms with Gasteiger partial charge < -0.3 is 54.9 Å². The highest BCUT2D eigenvalue weighted by Gasteiger charge is 2.54. The second kappa shape index (κ2) is 21.4. The van der Waals surface area contributed by atoms with Crippen LogP contribution in [0.2, 0.25) is 0 Å². The lowest BCUT2D eigenvalue weighted by atomic mass is 9.82. The predicted octanol–water partition coefficient (Wildman–Crippen LogP) is 5.00. The third-order valence-corrected chi connectivity index (χ3v) is 14.8. The molecule has 18 heteroatoms. The Morgan fingerprint density at radius 2 is 1.75 bits per heavy atom. The van der Waals surface area contributed by atoms with Crippen molar-refractivity contribution in [3.8, 4) is 11.5 Å². The number of phenolic OH excluding ortho intramolecular Hbond substituents is 1. The number of aromatic hydroxyl groups is 1. The minimum absolute atomic E-state index is 0.0181. The number of pyridine rings is 1. The van der Waals surface area contributed by atoms with Gasteiger partial charge in [0.1, 0.15) is 41.2 Å². The number of phenols is 1. The van der Waals surface area contributed by atoms with Gasteiger partial charge in [0.15, 0.2) is 0 Å². The smallest absolute Gasteiger partial charge is 0.315 e. The van der Waals surface area contributed by atoms with Gasteiger partial charge in [-0.1, -0.05) is 52.0 Å². The fourth-order valence-corrected chi connectivity index (χ4v) is 10.5. The lowest BCUT2D eigenvalue weighted by molar-refractivity contribution is -0.155. The van der Waals surface area contributed by atoms with E-state index >= 15 is 0 Å². The number of aromatic nitrogens is 1. The summed E-state index contributed by atoms with van der Waals surface area (Å²) in [5.41, 5.74) is -0.228. The Bertz CT molecular complexity index is 2620. The molecule has 6 aliphatic heterocycles. The number of amides is 2. The Morgan fingerprint density at radius 3 is 2.47 bits per heavy atom. The molecule has 6 atom stereocenters. The maximum atomic E-state index is 14.8. The number of piperidine rings is 1. The third-order valence-electron chi connectivity index (χ3n) is 14.8. The largest absolute Gasteiger partial charge is 0.507 e. The van der Waals surface area contributed by atoms with Crippen molar-refractivity contribution in [2.24, 2.45) is 22.7 Å². The summed E-state index contributed by atoms with van der Waals surface area (Å²) in [6.45, 7) is 16.8. The predicted molar refractivity (Wildman–Crippen MR) is 268 cm³/mol. The minimum atomic E-state index is -1.95. The first-order chi connectivity index (χ1) is 34.3. The highest BCUT2D eigenvalue weighted by molar-refractivity contribution is 6.34. The summed E-state index contributed by atoms with van der Waals surface area (Å²) in [5.74, 6) is -5.33. The summed E-state index contributed by atoms with van der Waals surface area (Å²) in [7, 11) is 0. The number of ketones is 2. The number of aliphatic imine (C=N–C) groups is 1. The van der Waals surface area contributed by atoms with Gasteiger partial charge in [-0.2, -0.15) is 0 Å². The van der Waals surface area contributed by atoms with Crippen LogP contribution in [0, 0.1) is 24.7 Å². The number of benzene rings is 1. The Kier molecular flexibility index (Phi) is 15.4. The number of hydrogen-bond acceptors (Lipinski definition) is 16. The number of carbonyl (C=O) groups is 5. The number of allylic oxidation sites excluding steroid dienone is 5. The van der Waals surface area contributed by atoms with Crippen LogP contribution < -0.4 is 20.3 Å². The second-order valence-electron chi connectivity index (χ2n) is 20.7. The molecule has 0 saturated carbocycles. The van der Waals surface area contributed by atoms with Crippen molar-refractivity contribution in [2.75, 3.05) is 50.7 Å². The lowest BCUT2D eigenvalue weighted by Crippen LogP contribution is -2.50. The van der Waals surface area contributed by atoms with Crippen LogP contribution in [0.25, 0.3) is 0 Å². The first kappa shape index (κ1) is 52.0. The number of aliphatic hydroxyl groups excluding tert-OH is 2. The molecule has 7 heterocycles. The van der Waals surface area contributed by atoms with E-state index in [4.69, 9.17) is 19.2 Å². The van der Waals surface area contributed by atoms with Gasteiger partial charge >= 0.3 is 11.8 Å². The number of hydrogen-bond donors (Lipinski definition) is 5. The van der Waals surface area contributed by atoms with Crippen LogP contribution in [0.5, 0.6) is 11.5 Å². The molecule has 5 N–H and O–H groups in total. The molecule has 1 aromatic heterocycles. The van der Waals surface area contributed by atoms with Crippen LogP contribution in [0.3, 0.4) is 0 Å². The molecule has 2 aromatic rings. The van der Waals surface area contributed by atoms with Crippen molar-refractivity contribution in [3.05, 3.63) is 94.2 Å². The topological polar surface area (TPSA) is 233 Å². The van der Waals surface area contributed by atoms with Gasteiger partial charge in [0.25, 0.3) is 11.7 Å². The Labute approximate surface area is 420 Å². The molecule has 386 valence electrons. The molecule has 2 amide bonds. The van der Waals surface area contributed by atoms with Crippen molar-refractivity contribution in [3.63, 3.8) is 0 Å². The number of anilines is 1. The SMILES string of the molecule is C/C1=C/C=C/C(C)[C@H](O)[C@@H](C)C(O)C[C@H](OC(=O)CC(=O)N2CCCN(c3ccccn3)CC2)CC/C=C/O[C@@]2(C)Oc3c(C)c(O)c4c(c3C2=O)C2=NC3(CCN(CC(C)C)CC3)NC2=C(NC1=O)C4=O. The number of esters is 1. The molecule has 18 nitrogen and oxygen atoms in total. The molecule has 7 aliphatic rings. The third kappa shape index (κ3) is 10.7. The lowest BCUT2D eigenvalue weighted by Gasteiger charge is -2.38. The van der Waals surface area contributed by atoms with Crippen LogP contribution >= 0.6 is 0 Å². The van der Waals surface area contributed by atoms with Crippen LogP contribution in [-0.4, -0.2) is 141 Å². The maximum Gasteiger partial charge on any atom is 0.315 e. The monoisotopic (exact) mass is 992 g/mol. The van der Waals surface area contributed by atoms with Gasteiger partial charge in [-0.3, -0.25) is 29.0 Å². The van der Waals surface area contributed by atoms with E-state index in [1.807, 2.05) is 18.2 Å². The first-order valence-electron chi connectivity index (χ1n) is 25.3. The van der Waals surface area contributed by atoms with Gasteiger partial charge in [-0.25, -0.2) is 4.98 Å². The molecule has 1 aliphatic carbocycles. The zero-order valence-corrected chi connectivity index (χ0v) is 42.4. The number of aliphatic hydroxyl groups is 2. The van der Waals surface area contributed by atoms with E-state index in [-0.39, 0.29) is 75.9 Å². The molecular weight excluding hydrogens is 923 g/mol. The van der Waals surface area contributed by atoms with Gasteiger partial charge in [-0.15, -0.1) is 0 Å². The van der Waals surface area contributed by atoms with Crippen molar-refractivity contribution >= 4 is 40.9 Å². The molecular formula is C54H69N7O11. The maximum absolute atomic E-state index is 14.8. The Hall–Kier alpha value is -6.37. The Morgan fingerprint density at radius 1 is 0.986 bits per heavy atom. The summed E-state index contributed by atoms with van der Waals surface area (Å²) < 4.78 is 18.3. The van der Waals surface area contributed by atoms with Gasteiger partial charge in [-0.05, 0) is 57.2 Å². The molecule has 2 unspecified atom stereocenters. The summed E-state index contributed by atoms with van der Waals surface area (Å²) in [6, 6.07) is 5.68. The molecule has 5 bridgehead atoms. The molecule has 2 saturated heterocycles. The number of nitrogens with zero attached hydrogens (tertiary/aromatic N) is 5. The zero-order chi connectivity index (χ0) is 51.6. The molecule has 1 aromatic carbocycles. The van der Waals surface area contributed by atoms with Crippen molar-refractivity contribution in [1.82, 2.24) is 25.4 Å². The average molecular weight is 992 g/mol. The quantitative estimate of drug-likeness (QED) is 0.189. The molecule has 0 radical (unpaired) electrons. The van der Waals surface area contributed by atoms with E-state index in [0.29, 0.717) is 64.4 Å². The van der Waals surface area contributed by atoms with Gasteiger partial charge in [0.2, 0.25) is 11.7 Å². The average Bonchev–Trinajstić information content (AvgIpc) is 3.71. The van der Waals surface area contributed by atoms with Crippen molar-refractivity contribution in [2.45, 2.75) is 123 Å². The van der Waals surface area contributed by atoms with Gasteiger partial charge in [0, 0.05) is 107 Å². The highest BCUT2D eigenvalue weighted by atomic mass is 16.7. The highest BCUT2D eigenvalue weighted by Crippen LogP contribution is 2.50. The van der Waals surface area contributed by atoms with E-state index in [0.717, 1.165) is 12.4 Å². The summed E-state index contributed by atoms with van der Waals surface area (Å²) in [5, 5.41) is 41.1. The molecule has 1 spiro atoms. The zero-order valence-electron chi connectivity index (χ0n) is 42.4. The molecule has 2 fully saturated rings. The van der Waals surface area contributed by atoms with Gasteiger partial charge in [0.05, 0.1) is 41.0 Å². The minimum Gasteiger partial charge on any atom is -0.507 e. The fraction of sp³-hybridized carbons (Fsp3) is 0.537. The summed E-state index contributed by atoms with van der Waals surface area (Å²) >= 11 is 0. The number of carbonyl (C=O) groups excluding carboxylic acids is 5. The Balaban J connectivity index is 1.07. The van der Waals surface area contributed by atoms with Crippen LogP contribution in [0.15, 0.2) is 76.9 Å².